The second kappa shape index (κ2) is 7.49. The van der Waals surface area contributed by atoms with Crippen LogP contribution in [-0.4, -0.2) is 13.1 Å². The highest BCUT2D eigenvalue weighted by Gasteiger charge is 2.19. The van der Waals surface area contributed by atoms with E-state index in [1.807, 2.05) is 0 Å². The highest BCUT2D eigenvalue weighted by atomic mass is 14.9. The maximum atomic E-state index is 4.17. The van der Waals surface area contributed by atoms with Crippen molar-refractivity contribution in [3.8, 4) is 0 Å². The standard InChI is InChI=1S/C18H27N/c1-3-16-9-11-17(12-10-16)14-19-13-15(2)18-7-5-4-6-8-18/h4-8,16-17,19H,2-3,9-14H2,1H3. The second-order valence-corrected chi connectivity index (χ2v) is 5.90. The fourth-order valence-electron chi connectivity index (χ4n) is 3.05. The summed E-state index contributed by atoms with van der Waals surface area (Å²) >= 11 is 0. The van der Waals surface area contributed by atoms with Gasteiger partial charge in [0.1, 0.15) is 0 Å². The topological polar surface area (TPSA) is 12.0 Å². The molecular formula is C18H27N. The van der Waals surface area contributed by atoms with E-state index < -0.39 is 0 Å². The largest absolute Gasteiger partial charge is 0.312 e. The van der Waals surface area contributed by atoms with Crippen LogP contribution in [0.5, 0.6) is 0 Å². The van der Waals surface area contributed by atoms with E-state index >= 15 is 0 Å². The second-order valence-electron chi connectivity index (χ2n) is 5.90. The third-order valence-corrected chi connectivity index (χ3v) is 4.50. The molecule has 1 heteroatoms. The van der Waals surface area contributed by atoms with Crippen molar-refractivity contribution >= 4 is 5.57 Å². The Kier molecular flexibility index (Phi) is 5.65. The minimum atomic E-state index is 0.881. The molecule has 0 aromatic heterocycles. The summed E-state index contributed by atoms with van der Waals surface area (Å²) < 4.78 is 0. The van der Waals surface area contributed by atoms with Crippen LogP contribution in [0.15, 0.2) is 36.9 Å². The van der Waals surface area contributed by atoms with Gasteiger partial charge in [0.2, 0.25) is 0 Å². The van der Waals surface area contributed by atoms with Gasteiger partial charge in [-0.2, -0.15) is 0 Å². The van der Waals surface area contributed by atoms with E-state index in [4.69, 9.17) is 0 Å². The molecule has 0 atom stereocenters. The molecule has 1 aliphatic carbocycles. The van der Waals surface area contributed by atoms with Crippen molar-refractivity contribution < 1.29 is 0 Å². The Morgan fingerprint density at radius 3 is 2.37 bits per heavy atom. The Bertz CT molecular complexity index is 374. The predicted octanol–water partition coefficient (Wildman–Crippen LogP) is 4.51. The molecule has 1 nitrogen and oxygen atoms in total. The van der Waals surface area contributed by atoms with Crippen molar-refractivity contribution in [3.63, 3.8) is 0 Å². The van der Waals surface area contributed by atoms with Crippen molar-refractivity contribution in [1.29, 1.82) is 0 Å². The van der Waals surface area contributed by atoms with Crippen LogP contribution in [0.2, 0.25) is 0 Å². The molecule has 1 fully saturated rings. The van der Waals surface area contributed by atoms with Crippen LogP contribution in [0.1, 0.15) is 44.6 Å². The molecule has 104 valence electrons. The monoisotopic (exact) mass is 257 g/mol. The van der Waals surface area contributed by atoms with Crippen LogP contribution in [0.25, 0.3) is 5.57 Å². The summed E-state index contributed by atoms with van der Waals surface area (Å²) in [6.45, 7) is 8.57. The summed E-state index contributed by atoms with van der Waals surface area (Å²) in [6.07, 6.45) is 7.04. The fourth-order valence-corrected chi connectivity index (χ4v) is 3.05. The summed E-state index contributed by atoms with van der Waals surface area (Å²) in [5.74, 6) is 1.88. The lowest BCUT2D eigenvalue weighted by Gasteiger charge is -2.28. The molecule has 2 rings (SSSR count). The lowest BCUT2D eigenvalue weighted by molar-refractivity contribution is 0.265. The maximum absolute atomic E-state index is 4.17. The van der Waals surface area contributed by atoms with Crippen LogP contribution in [0.4, 0.5) is 0 Å². The number of rotatable bonds is 6. The van der Waals surface area contributed by atoms with Crippen LogP contribution >= 0.6 is 0 Å². The van der Waals surface area contributed by atoms with Crippen molar-refractivity contribution in [2.75, 3.05) is 13.1 Å². The van der Waals surface area contributed by atoms with Crippen molar-refractivity contribution in [3.05, 3.63) is 42.5 Å². The van der Waals surface area contributed by atoms with Gasteiger partial charge in [0.15, 0.2) is 0 Å². The molecule has 0 unspecified atom stereocenters. The van der Waals surface area contributed by atoms with Gasteiger partial charge >= 0.3 is 0 Å². The molecule has 1 aromatic carbocycles. The summed E-state index contributed by atoms with van der Waals surface area (Å²) in [5.41, 5.74) is 2.45. The Balaban J connectivity index is 1.66. The molecule has 0 spiro atoms. The number of nitrogens with one attached hydrogen (secondary N) is 1. The smallest absolute Gasteiger partial charge is 0.0205 e. The number of hydrogen-bond acceptors (Lipinski definition) is 1. The van der Waals surface area contributed by atoms with Gasteiger partial charge in [-0.1, -0.05) is 63.1 Å². The molecule has 19 heavy (non-hydrogen) atoms. The van der Waals surface area contributed by atoms with Crippen LogP contribution < -0.4 is 5.32 Å². The molecule has 0 heterocycles. The third kappa shape index (κ3) is 4.50. The van der Waals surface area contributed by atoms with E-state index in [0.29, 0.717) is 0 Å². The first kappa shape index (κ1) is 14.3. The zero-order valence-electron chi connectivity index (χ0n) is 12.2. The van der Waals surface area contributed by atoms with Gasteiger partial charge in [0.25, 0.3) is 0 Å². The third-order valence-electron chi connectivity index (χ3n) is 4.50. The van der Waals surface area contributed by atoms with E-state index in [1.165, 1.54) is 43.2 Å². The SMILES string of the molecule is C=C(CNCC1CCC(CC)CC1)c1ccccc1. The first-order valence-corrected chi connectivity index (χ1v) is 7.73. The van der Waals surface area contributed by atoms with Gasteiger partial charge in [-0.05, 0) is 42.4 Å². The summed E-state index contributed by atoms with van der Waals surface area (Å²) in [5, 5.41) is 3.59. The normalized spacial score (nSPS) is 23.2. The molecular weight excluding hydrogens is 230 g/mol. The average molecular weight is 257 g/mol. The summed E-state index contributed by atoms with van der Waals surface area (Å²) in [4.78, 5) is 0. The van der Waals surface area contributed by atoms with Crippen LogP contribution in [0.3, 0.4) is 0 Å². The van der Waals surface area contributed by atoms with Crippen LogP contribution in [0, 0.1) is 11.8 Å². The molecule has 0 saturated heterocycles. The van der Waals surface area contributed by atoms with E-state index in [2.05, 4.69) is 49.2 Å². The molecule has 0 amide bonds. The van der Waals surface area contributed by atoms with Crippen molar-refractivity contribution in [1.82, 2.24) is 5.32 Å². The minimum Gasteiger partial charge on any atom is -0.312 e. The predicted molar refractivity (Wildman–Crippen MR) is 84.1 cm³/mol. The lowest BCUT2D eigenvalue weighted by atomic mass is 9.81. The number of hydrogen-bond donors (Lipinski definition) is 1. The van der Waals surface area contributed by atoms with E-state index in [9.17, 15) is 0 Å². The van der Waals surface area contributed by atoms with Crippen LogP contribution in [-0.2, 0) is 0 Å². The van der Waals surface area contributed by atoms with Gasteiger partial charge < -0.3 is 5.32 Å². The summed E-state index contributed by atoms with van der Waals surface area (Å²) in [6, 6.07) is 10.5. The van der Waals surface area contributed by atoms with Gasteiger partial charge in [0.05, 0.1) is 0 Å². The van der Waals surface area contributed by atoms with Gasteiger partial charge in [0, 0.05) is 6.54 Å². The van der Waals surface area contributed by atoms with Gasteiger partial charge in [-0.15, -0.1) is 0 Å². The van der Waals surface area contributed by atoms with Gasteiger partial charge in [-0.25, -0.2) is 0 Å². The average Bonchev–Trinajstić information content (AvgIpc) is 2.49. The molecule has 1 N–H and O–H groups in total. The van der Waals surface area contributed by atoms with Crippen molar-refractivity contribution in [2.24, 2.45) is 11.8 Å². The minimum absolute atomic E-state index is 0.881. The first-order valence-electron chi connectivity index (χ1n) is 7.73. The Morgan fingerprint density at radius 1 is 1.11 bits per heavy atom. The molecule has 0 radical (unpaired) electrons. The summed E-state index contributed by atoms with van der Waals surface area (Å²) in [7, 11) is 0. The molecule has 1 aromatic rings. The molecule has 0 aliphatic heterocycles. The molecule has 0 bridgehead atoms. The van der Waals surface area contributed by atoms with Crippen molar-refractivity contribution in [2.45, 2.75) is 39.0 Å². The number of benzene rings is 1. The zero-order chi connectivity index (χ0) is 13.5. The zero-order valence-corrected chi connectivity index (χ0v) is 12.2. The quantitative estimate of drug-likeness (QED) is 0.791. The molecule has 1 saturated carbocycles. The van der Waals surface area contributed by atoms with E-state index in [0.717, 1.165) is 24.9 Å². The first-order chi connectivity index (χ1) is 9.29. The highest BCUT2D eigenvalue weighted by molar-refractivity contribution is 5.64. The molecule has 1 aliphatic rings. The Labute approximate surface area is 118 Å². The lowest BCUT2D eigenvalue weighted by Crippen LogP contribution is -2.27. The Morgan fingerprint density at radius 2 is 1.74 bits per heavy atom. The Hall–Kier alpha value is -1.08. The van der Waals surface area contributed by atoms with E-state index in [-0.39, 0.29) is 0 Å². The highest BCUT2D eigenvalue weighted by Crippen LogP contribution is 2.30. The van der Waals surface area contributed by atoms with E-state index in [1.54, 1.807) is 0 Å². The maximum Gasteiger partial charge on any atom is 0.0205 e. The van der Waals surface area contributed by atoms with Gasteiger partial charge in [-0.3, -0.25) is 0 Å². The fraction of sp³-hybridized carbons (Fsp3) is 0.556.